The highest BCUT2D eigenvalue weighted by atomic mass is 32.2. The molecule has 2 aliphatic rings. The Kier molecular flexibility index (Phi) is 2.51. The molecule has 1 N–H and O–H groups in total. The Balaban J connectivity index is 1.96. The van der Waals surface area contributed by atoms with E-state index >= 15 is 0 Å². The maximum Gasteiger partial charge on any atom is 0.323 e. The Morgan fingerprint density at radius 2 is 2.23 bits per heavy atom. The van der Waals surface area contributed by atoms with Crippen LogP contribution in [0.5, 0.6) is 0 Å². The van der Waals surface area contributed by atoms with Crippen molar-refractivity contribution in [3.05, 3.63) is 0 Å². The van der Waals surface area contributed by atoms with Crippen molar-refractivity contribution in [2.24, 2.45) is 0 Å². The van der Waals surface area contributed by atoms with Crippen LogP contribution in [0.25, 0.3) is 0 Å². The van der Waals surface area contributed by atoms with Crippen LogP contribution in [0, 0.1) is 0 Å². The summed E-state index contributed by atoms with van der Waals surface area (Å²) in [5, 5.41) is 3.41. The number of hydrogen-bond acceptors (Lipinski definition) is 4. The fourth-order valence-corrected chi connectivity index (χ4v) is 3.66. The summed E-state index contributed by atoms with van der Waals surface area (Å²) >= 11 is 1.89. The van der Waals surface area contributed by atoms with E-state index in [0.29, 0.717) is 0 Å². The smallest absolute Gasteiger partial charge is 0.323 e. The average Bonchev–Trinajstić information content (AvgIpc) is 2.76. The first-order valence-corrected chi connectivity index (χ1v) is 5.74. The molecule has 1 saturated carbocycles. The molecular weight excluding hydrogens is 186 g/mol. The summed E-state index contributed by atoms with van der Waals surface area (Å²) in [4.78, 5) is 11.5. The first-order chi connectivity index (χ1) is 6.26. The molecule has 1 unspecified atom stereocenters. The molecule has 1 saturated heterocycles. The second-order valence-corrected chi connectivity index (χ2v) is 5.14. The Hall–Kier alpha value is -0.220. The van der Waals surface area contributed by atoms with Gasteiger partial charge in [0.1, 0.15) is 6.04 Å². The van der Waals surface area contributed by atoms with E-state index in [1.165, 1.54) is 32.8 Å². The largest absolute Gasteiger partial charge is 0.468 e. The molecule has 3 nitrogen and oxygen atoms in total. The number of carbonyl (C=O) groups is 1. The van der Waals surface area contributed by atoms with Gasteiger partial charge >= 0.3 is 5.97 Å². The molecule has 2 fully saturated rings. The van der Waals surface area contributed by atoms with Gasteiger partial charge in [0.25, 0.3) is 0 Å². The monoisotopic (exact) mass is 201 g/mol. The molecule has 74 valence electrons. The zero-order valence-corrected chi connectivity index (χ0v) is 8.65. The molecule has 13 heavy (non-hydrogen) atoms. The number of rotatable bonds is 1. The lowest BCUT2D eigenvalue weighted by Gasteiger charge is -2.22. The van der Waals surface area contributed by atoms with Gasteiger partial charge < -0.3 is 4.74 Å². The van der Waals surface area contributed by atoms with E-state index in [1.54, 1.807) is 0 Å². The van der Waals surface area contributed by atoms with Crippen molar-refractivity contribution in [1.82, 2.24) is 5.32 Å². The highest BCUT2D eigenvalue weighted by Gasteiger charge is 2.43. The van der Waals surface area contributed by atoms with Gasteiger partial charge in [-0.25, -0.2) is 0 Å². The molecule has 4 heteroatoms. The molecule has 0 amide bonds. The quantitative estimate of drug-likeness (QED) is 0.646. The number of esters is 1. The minimum Gasteiger partial charge on any atom is -0.468 e. The minimum atomic E-state index is -0.115. The predicted molar refractivity (Wildman–Crippen MR) is 52.6 cm³/mol. The summed E-state index contributed by atoms with van der Waals surface area (Å²) in [6.45, 7) is 0. The number of ether oxygens (including phenoxy) is 1. The van der Waals surface area contributed by atoms with E-state index < -0.39 is 0 Å². The first-order valence-electron chi connectivity index (χ1n) is 4.75. The Bertz CT molecular complexity index is 214. The van der Waals surface area contributed by atoms with Crippen LogP contribution in [0.4, 0.5) is 0 Å². The Morgan fingerprint density at radius 3 is 2.85 bits per heavy atom. The fourth-order valence-electron chi connectivity index (χ4n) is 2.15. The van der Waals surface area contributed by atoms with Crippen LogP contribution in [-0.4, -0.2) is 29.7 Å². The predicted octanol–water partition coefficient (Wildman–Crippen LogP) is 1.13. The normalized spacial score (nSPS) is 31.0. The Labute approximate surface area is 82.6 Å². The summed E-state index contributed by atoms with van der Waals surface area (Å²) in [5.41, 5.74) is 0. The molecule has 0 aromatic carbocycles. The summed E-state index contributed by atoms with van der Waals surface area (Å²) in [7, 11) is 1.45. The van der Waals surface area contributed by atoms with Crippen molar-refractivity contribution in [2.75, 3.05) is 12.9 Å². The van der Waals surface area contributed by atoms with Crippen molar-refractivity contribution in [3.8, 4) is 0 Å². The minimum absolute atomic E-state index is 0.0758. The zero-order chi connectivity index (χ0) is 9.31. The van der Waals surface area contributed by atoms with Gasteiger partial charge in [-0.15, -0.1) is 11.8 Å². The molecule has 0 bridgehead atoms. The highest BCUT2D eigenvalue weighted by molar-refractivity contribution is 8.01. The lowest BCUT2D eigenvalue weighted by molar-refractivity contribution is -0.142. The second kappa shape index (κ2) is 3.50. The summed E-state index contributed by atoms with van der Waals surface area (Å²) in [6, 6.07) is -0.0758. The zero-order valence-electron chi connectivity index (χ0n) is 7.84. The number of carbonyl (C=O) groups excluding carboxylic acids is 1. The lowest BCUT2D eigenvalue weighted by atomic mass is 10.2. The summed E-state index contributed by atoms with van der Waals surface area (Å²) in [5.74, 6) is 0.753. The van der Waals surface area contributed by atoms with Gasteiger partial charge in [0.15, 0.2) is 0 Å². The maximum atomic E-state index is 11.3. The van der Waals surface area contributed by atoms with E-state index in [2.05, 4.69) is 5.32 Å². The van der Waals surface area contributed by atoms with Gasteiger partial charge in [0, 0.05) is 5.75 Å². The van der Waals surface area contributed by atoms with E-state index in [9.17, 15) is 4.79 Å². The van der Waals surface area contributed by atoms with E-state index in [1.807, 2.05) is 11.8 Å². The lowest BCUT2D eigenvalue weighted by Crippen LogP contribution is -2.43. The van der Waals surface area contributed by atoms with Crippen LogP contribution in [-0.2, 0) is 9.53 Å². The van der Waals surface area contributed by atoms with Gasteiger partial charge in [-0.1, -0.05) is 12.8 Å². The SMILES string of the molecule is COC(=O)C1CSC2(CCCC2)N1. The topological polar surface area (TPSA) is 38.3 Å². The fraction of sp³-hybridized carbons (Fsp3) is 0.889. The van der Waals surface area contributed by atoms with Crippen LogP contribution in [0.1, 0.15) is 25.7 Å². The first kappa shape index (κ1) is 9.34. The summed E-state index contributed by atoms with van der Waals surface area (Å²) in [6.07, 6.45) is 4.97. The van der Waals surface area contributed by atoms with E-state index in [-0.39, 0.29) is 16.9 Å². The van der Waals surface area contributed by atoms with Crippen LogP contribution in [0.15, 0.2) is 0 Å². The molecule has 1 aliphatic heterocycles. The third-order valence-electron chi connectivity index (χ3n) is 2.86. The maximum absolute atomic E-state index is 11.3. The number of nitrogens with one attached hydrogen (secondary N) is 1. The third kappa shape index (κ3) is 1.70. The van der Waals surface area contributed by atoms with Gasteiger partial charge in [0.05, 0.1) is 12.0 Å². The molecule has 0 radical (unpaired) electrons. The van der Waals surface area contributed by atoms with E-state index in [4.69, 9.17) is 4.74 Å². The van der Waals surface area contributed by atoms with Crippen LogP contribution >= 0.6 is 11.8 Å². The molecule has 1 spiro atoms. The van der Waals surface area contributed by atoms with Crippen LogP contribution < -0.4 is 5.32 Å². The van der Waals surface area contributed by atoms with Crippen molar-refractivity contribution < 1.29 is 9.53 Å². The summed E-state index contributed by atoms with van der Waals surface area (Å²) < 4.78 is 4.72. The van der Waals surface area contributed by atoms with Gasteiger partial charge in [0.2, 0.25) is 0 Å². The standard InChI is InChI=1S/C9H15NO2S/c1-12-8(11)7-6-13-9(10-7)4-2-3-5-9/h7,10H,2-6H2,1H3. The van der Waals surface area contributed by atoms with Gasteiger partial charge in [-0.05, 0) is 12.8 Å². The molecule has 0 aromatic rings. The molecule has 1 atom stereocenters. The molecule has 1 heterocycles. The molecule has 2 rings (SSSR count). The number of methoxy groups -OCH3 is 1. The van der Waals surface area contributed by atoms with Crippen molar-refractivity contribution in [1.29, 1.82) is 0 Å². The van der Waals surface area contributed by atoms with Gasteiger partial charge in [-0.3, -0.25) is 10.1 Å². The van der Waals surface area contributed by atoms with Crippen LogP contribution in [0.3, 0.4) is 0 Å². The molecular formula is C9H15NO2S. The van der Waals surface area contributed by atoms with E-state index in [0.717, 1.165) is 5.75 Å². The third-order valence-corrected chi connectivity index (χ3v) is 4.44. The number of hydrogen-bond donors (Lipinski definition) is 1. The van der Waals surface area contributed by atoms with Gasteiger partial charge in [-0.2, -0.15) is 0 Å². The second-order valence-electron chi connectivity index (χ2n) is 3.73. The average molecular weight is 201 g/mol. The molecule has 0 aromatic heterocycles. The van der Waals surface area contributed by atoms with Crippen molar-refractivity contribution in [3.63, 3.8) is 0 Å². The molecule has 1 aliphatic carbocycles. The number of thioether (sulfide) groups is 1. The van der Waals surface area contributed by atoms with Crippen LogP contribution in [0.2, 0.25) is 0 Å². The van der Waals surface area contributed by atoms with Crippen molar-refractivity contribution >= 4 is 17.7 Å². The Morgan fingerprint density at radius 1 is 1.54 bits per heavy atom. The highest BCUT2D eigenvalue weighted by Crippen LogP contribution is 2.43. The van der Waals surface area contributed by atoms with Crippen molar-refractivity contribution in [2.45, 2.75) is 36.6 Å².